The van der Waals surface area contributed by atoms with E-state index in [9.17, 15) is 4.39 Å². The lowest BCUT2D eigenvalue weighted by molar-refractivity contribution is -0.0827. The molecule has 1 fully saturated rings. The lowest BCUT2D eigenvalue weighted by atomic mass is 9.77. The summed E-state index contributed by atoms with van der Waals surface area (Å²) in [5, 5.41) is 3.37. The largest absolute Gasteiger partial charge is 0.371 e. The third-order valence-electron chi connectivity index (χ3n) is 3.98. The smallest absolute Gasteiger partial charge is 0.123 e. The summed E-state index contributed by atoms with van der Waals surface area (Å²) in [4.78, 5) is 0. The van der Waals surface area contributed by atoms with Gasteiger partial charge in [-0.25, -0.2) is 4.39 Å². The van der Waals surface area contributed by atoms with Crippen molar-refractivity contribution in [1.29, 1.82) is 0 Å². The summed E-state index contributed by atoms with van der Waals surface area (Å²) in [5.74, 6) is 0.298. The van der Waals surface area contributed by atoms with Crippen molar-refractivity contribution in [3.05, 3.63) is 35.6 Å². The van der Waals surface area contributed by atoms with Gasteiger partial charge in [-0.2, -0.15) is 0 Å². The first-order valence-corrected chi connectivity index (χ1v) is 6.77. The monoisotopic (exact) mass is 251 g/mol. The van der Waals surface area contributed by atoms with Crippen LogP contribution in [0.4, 0.5) is 4.39 Å². The number of piperidine rings is 1. The van der Waals surface area contributed by atoms with Crippen molar-refractivity contribution in [3.8, 4) is 0 Å². The molecule has 0 spiro atoms. The van der Waals surface area contributed by atoms with Gasteiger partial charge in [-0.1, -0.05) is 12.1 Å². The second-order valence-corrected chi connectivity index (χ2v) is 5.07. The van der Waals surface area contributed by atoms with Gasteiger partial charge >= 0.3 is 0 Å². The second-order valence-electron chi connectivity index (χ2n) is 5.07. The fraction of sp³-hybridized carbons (Fsp3) is 0.600. The molecule has 1 aromatic rings. The number of rotatable bonds is 4. The normalized spacial score (nSPS) is 20.6. The highest BCUT2D eigenvalue weighted by Crippen LogP contribution is 2.38. The van der Waals surface area contributed by atoms with Crippen molar-refractivity contribution in [2.75, 3.05) is 19.7 Å². The highest BCUT2D eigenvalue weighted by Gasteiger charge is 2.37. The maximum absolute atomic E-state index is 13.1. The van der Waals surface area contributed by atoms with E-state index in [0.29, 0.717) is 12.5 Å². The van der Waals surface area contributed by atoms with Gasteiger partial charge in [-0.15, -0.1) is 0 Å². The van der Waals surface area contributed by atoms with Crippen LogP contribution in [0, 0.1) is 11.7 Å². The van der Waals surface area contributed by atoms with E-state index in [2.05, 4.69) is 12.2 Å². The Morgan fingerprint density at radius 2 is 1.89 bits per heavy atom. The van der Waals surface area contributed by atoms with Gasteiger partial charge in [-0.05, 0) is 63.4 Å². The highest BCUT2D eigenvalue weighted by molar-refractivity contribution is 5.24. The SMILES string of the molecule is CCO[C@@](C)(c1ccc(F)cc1)C1CCNCC1. The molecule has 0 unspecified atom stereocenters. The Bertz CT molecular complexity index is 373. The van der Waals surface area contributed by atoms with Gasteiger partial charge in [0.25, 0.3) is 0 Å². The number of nitrogens with one attached hydrogen (secondary N) is 1. The number of ether oxygens (including phenoxy) is 1. The van der Waals surface area contributed by atoms with Gasteiger partial charge < -0.3 is 10.1 Å². The molecule has 1 N–H and O–H groups in total. The van der Waals surface area contributed by atoms with Crippen molar-refractivity contribution in [3.63, 3.8) is 0 Å². The van der Waals surface area contributed by atoms with Crippen LogP contribution in [-0.4, -0.2) is 19.7 Å². The molecule has 18 heavy (non-hydrogen) atoms. The molecule has 1 atom stereocenters. The molecule has 2 nitrogen and oxygen atoms in total. The molecule has 0 saturated carbocycles. The quantitative estimate of drug-likeness (QED) is 0.888. The van der Waals surface area contributed by atoms with Crippen molar-refractivity contribution < 1.29 is 9.13 Å². The molecule has 0 amide bonds. The fourth-order valence-corrected chi connectivity index (χ4v) is 2.89. The Balaban J connectivity index is 2.26. The molecular weight excluding hydrogens is 229 g/mol. The van der Waals surface area contributed by atoms with E-state index >= 15 is 0 Å². The van der Waals surface area contributed by atoms with Gasteiger partial charge in [0.15, 0.2) is 0 Å². The van der Waals surface area contributed by atoms with Crippen LogP contribution in [0.25, 0.3) is 0 Å². The van der Waals surface area contributed by atoms with Crippen LogP contribution in [0.15, 0.2) is 24.3 Å². The van der Waals surface area contributed by atoms with Gasteiger partial charge in [-0.3, -0.25) is 0 Å². The maximum atomic E-state index is 13.1. The van der Waals surface area contributed by atoms with E-state index in [-0.39, 0.29) is 11.4 Å². The minimum atomic E-state index is -0.301. The number of halogens is 1. The van der Waals surface area contributed by atoms with Crippen LogP contribution in [0.3, 0.4) is 0 Å². The minimum absolute atomic E-state index is 0.192. The molecule has 3 heteroatoms. The summed E-state index contributed by atoms with van der Waals surface area (Å²) in [6, 6.07) is 6.75. The summed E-state index contributed by atoms with van der Waals surface area (Å²) in [5.41, 5.74) is 0.780. The average Bonchev–Trinajstić information content (AvgIpc) is 2.40. The first kappa shape index (κ1) is 13.5. The Labute approximate surface area is 109 Å². The minimum Gasteiger partial charge on any atom is -0.371 e. The van der Waals surface area contributed by atoms with Crippen LogP contribution < -0.4 is 5.32 Å². The van der Waals surface area contributed by atoms with E-state index in [4.69, 9.17) is 4.74 Å². The van der Waals surface area contributed by atoms with Crippen LogP contribution in [-0.2, 0) is 10.3 Å². The summed E-state index contributed by atoms with van der Waals surface area (Å²) >= 11 is 0. The predicted octanol–water partition coefficient (Wildman–Crippen LogP) is 3.08. The Morgan fingerprint density at radius 3 is 2.44 bits per heavy atom. The molecule has 1 saturated heterocycles. The Morgan fingerprint density at radius 1 is 1.28 bits per heavy atom. The topological polar surface area (TPSA) is 21.3 Å². The molecule has 100 valence electrons. The summed E-state index contributed by atoms with van der Waals surface area (Å²) in [6.45, 7) is 6.91. The predicted molar refractivity (Wildman–Crippen MR) is 71.0 cm³/mol. The summed E-state index contributed by atoms with van der Waals surface area (Å²) in [7, 11) is 0. The lowest BCUT2D eigenvalue weighted by Gasteiger charge is -2.40. The lowest BCUT2D eigenvalue weighted by Crippen LogP contribution is -2.41. The zero-order valence-corrected chi connectivity index (χ0v) is 11.2. The summed E-state index contributed by atoms with van der Waals surface area (Å²) in [6.07, 6.45) is 2.21. The third kappa shape index (κ3) is 2.73. The van der Waals surface area contributed by atoms with Gasteiger partial charge in [0, 0.05) is 6.61 Å². The van der Waals surface area contributed by atoms with E-state index < -0.39 is 0 Å². The van der Waals surface area contributed by atoms with Gasteiger partial charge in [0.1, 0.15) is 5.82 Å². The van der Waals surface area contributed by atoms with Crippen molar-refractivity contribution in [2.24, 2.45) is 5.92 Å². The number of hydrogen-bond donors (Lipinski definition) is 1. The first-order valence-electron chi connectivity index (χ1n) is 6.77. The average molecular weight is 251 g/mol. The van der Waals surface area contributed by atoms with E-state index in [1.54, 1.807) is 0 Å². The van der Waals surface area contributed by atoms with E-state index in [1.165, 1.54) is 12.1 Å². The molecular formula is C15H22FNO. The molecule has 1 heterocycles. The van der Waals surface area contributed by atoms with E-state index in [0.717, 1.165) is 31.5 Å². The molecule has 1 aromatic carbocycles. The zero-order chi connectivity index (χ0) is 13.0. The van der Waals surface area contributed by atoms with Crippen molar-refractivity contribution in [2.45, 2.75) is 32.3 Å². The molecule has 2 rings (SSSR count). The standard InChI is InChI=1S/C15H22FNO/c1-3-18-15(2,13-8-10-17-11-9-13)12-4-6-14(16)7-5-12/h4-7,13,17H,3,8-11H2,1-2H3/t15-/m0/s1. The van der Waals surface area contributed by atoms with Gasteiger partial charge in [0.05, 0.1) is 5.60 Å². The Kier molecular flexibility index (Phi) is 4.36. The van der Waals surface area contributed by atoms with Crippen molar-refractivity contribution in [1.82, 2.24) is 5.32 Å². The third-order valence-corrected chi connectivity index (χ3v) is 3.98. The van der Waals surface area contributed by atoms with E-state index in [1.807, 2.05) is 19.1 Å². The summed E-state index contributed by atoms with van der Waals surface area (Å²) < 4.78 is 19.1. The maximum Gasteiger partial charge on any atom is 0.123 e. The number of hydrogen-bond acceptors (Lipinski definition) is 2. The number of benzene rings is 1. The molecule has 0 aromatic heterocycles. The van der Waals surface area contributed by atoms with Gasteiger partial charge in [0.2, 0.25) is 0 Å². The molecule has 0 aliphatic carbocycles. The highest BCUT2D eigenvalue weighted by atomic mass is 19.1. The van der Waals surface area contributed by atoms with Crippen LogP contribution in [0.2, 0.25) is 0 Å². The molecule has 0 radical (unpaired) electrons. The molecule has 1 aliphatic rings. The van der Waals surface area contributed by atoms with Crippen LogP contribution >= 0.6 is 0 Å². The second kappa shape index (κ2) is 5.81. The molecule has 0 bridgehead atoms. The zero-order valence-electron chi connectivity index (χ0n) is 11.2. The first-order chi connectivity index (χ1) is 8.66. The van der Waals surface area contributed by atoms with Crippen molar-refractivity contribution >= 4 is 0 Å². The fourth-order valence-electron chi connectivity index (χ4n) is 2.89. The van der Waals surface area contributed by atoms with Crippen LogP contribution in [0.5, 0.6) is 0 Å². The van der Waals surface area contributed by atoms with Crippen LogP contribution in [0.1, 0.15) is 32.3 Å². The Hall–Kier alpha value is -0.930. The molecule has 1 aliphatic heterocycles.